The van der Waals surface area contributed by atoms with Crippen LogP contribution in [0.3, 0.4) is 0 Å². The van der Waals surface area contributed by atoms with Crippen LogP contribution >= 0.6 is 0 Å². The Morgan fingerprint density at radius 1 is 1.14 bits per heavy atom. The van der Waals surface area contributed by atoms with Gasteiger partial charge in [-0.3, -0.25) is 4.79 Å². The number of carbonyl (C=O) groups excluding carboxylic acids is 2. The maximum Gasteiger partial charge on any atom is 1.00 e. The molecule has 66 valence electrons. The fourth-order valence-electron chi connectivity index (χ4n) is 0.804. The van der Waals surface area contributed by atoms with E-state index in [4.69, 9.17) is 0 Å². The number of ketones is 1. The van der Waals surface area contributed by atoms with Gasteiger partial charge < -0.3 is 9.90 Å². The molecule has 1 rings (SSSR count). The number of carboxylic acid groups (broad SMARTS) is 1. The average molecular weight is 198 g/mol. The molecule has 0 atom stereocenters. The minimum atomic E-state index is -1.69. The molecule has 0 unspecified atom stereocenters. The molecule has 1 aromatic carbocycles. The monoisotopic (exact) mass is 198 g/mol. The zero-order valence-corrected chi connectivity index (χ0v) is 9.77. The van der Waals surface area contributed by atoms with Crippen molar-refractivity contribution >= 4 is 17.8 Å². The van der Waals surface area contributed by atoms with Gasteiger partial charge in [0.2, 0.25) is 5.78 Å². The van der Waals surface area contributed by atoms with E-state index >= 15 is 0 Å². The Bertz CT molecular complexity index is 344. The Labute approximate surface area is 104 Å². The van der Waals surface area contributed by atoms with Crippen LogP contribution in [-0.2, 0) is 9.59 Å². The zero-order valence-electron chi connectivity index (χ0n) is 7.77. The largest absolute Gasteiger partial charge is 1.00 e. The van der Waals surface area contributed by atoms with Gasteiger partial charge in [-0.1, -0.05) is 36.4 Å². The van der Waals surface area contributed by atoms with Crippen LogP contribution in [0.5, 0.6) is 0 Å². The van der Waals surface area contributed by atoms with E-state index in [2.05, 4.69) is 0 Å². The molecule has 0 aliphatic carbocycles. The minimum Gasteiger partial charge on any atom is -0.541 e. The van der Waals surface area contributed by atoms with E-state index < -0.39 is 11.8 Å². The molecule has 0 spiro atoms. The summed E-state index contributed by atoms with van der Waals surface area (Å²) in [4.78, 5) is 20.6. The van der Waals surface area contributed by atoms with Crippen LogP contribution in [0.25, 0.3) is 6.08 Å². The van der Waals surface area contributed by atoms with Crippen molar-refractivity contribution in [3.05, 3.63) is 42.0 Å². The summed E-state index contributed by atoms with van der Waals surface area (Å²) < 4.78 is 0. The van der Waals surface area contributed by atoms with Crippen molar-refractivity contribution in [2.24, 2.45) is 0 Å². The van der Waals surface area contributed by atoms with Crippen LogP contribution in [0.15, 0.2) is 36.4 Å². The van der Waals surface area contributed by atoms with Crippen molar-refractivity contribution in [3.8, 4) is 0 Å². The molecular weight excluding hydrogens is 191 g/mol. The van der Waals surface area contributed by atoms with Gasteiger partial charge in [0.25, 0.3) is 0 Å². The number of carboxylic acids is 1. The van der Waals surface area contributed by atoms with E-state index in [0.29, 0.717) is 0 Å². The van der Waals surface area contributed by atoms with Crippen LogP contribution in [0.2, 0.25) is 0 Å². The van der Waals surface area contributed by atoms with Crippen molar-refractivity contribution in [2.75, 3.05) is 0 Å². The molecule has 0 fully saturated rings. The fraction of sp³-hybridized carbons (Fsp3) is 0. The molecule has 0 radical (unpaired) electrons. The molecule has 0 heterocycles. The van der Waals surface area contributed by atoms with E-state index in [1.165, 1.54) is 6.08 Å². The van der Waals surface area contributed by atoms with E-state index in [-0.39, 0.29) is 29.6 Å². The normalized spacial score (nSPS) is 9.43. The summed E-state index contributed by atoms with van der Waals surface area (Å²) in [6.45, 7) is 0. The maximum absolute atomic E-state index is 10.6. The van der Waals surface area contributed by atoms with Gasteiger partial charge >= 0.3 is 29.6 Å². The number of carbonyl (C=O) groups is 2. The van der Waals surface area contributed by atoms with Crippen LogP contribution in [0, 0.1) is 0 Å². The Hall–Kier alpha value is -0.900. The summed E-state index contributed by atoms with van der Waals surface area (Å²) in [5.41, 5.74) is 0.775. The van der Waals surface area contributed by atoms with Crippen LogP contribution in [-0.4, -0.2) is 11.8 Å². The second kappa shape index (κ2) is 6.54. The Kier molecular flexibility index (Phi) is 6.12. The van der Waals surface area contributed by atoms with E-state index in [9.17, 15) is 14.7 Å². The molecule has 0 aliphatic heterocycles. The van der Waals surface area contributed by atoms with Crippen LogP contribution in [0.4, 0.5) is 0 Å². The Morgan fingerprint density at radius 2 is 1.71 bits per heavy atom. The Balaban J connectivity index is 0.00000169. The second-order valence-electron chi connectivity index (χ2n) is 2.40. The predicted molar refractivity (Wildman–Crippen MR) is 45.5 cm³/mol. The molecular formula is C10H7NaO3. The van der Waals surface area contributed by atoms with E-state index in [0.717, 1.165) is 11.6 Å². The summed E-state index contributed by atoms with van der Waals surface area (Å²) in [6, 6.07) is 8.95. The Morgan fingerprint density at radius 3 is 2.21 bits per heavy atom. The van der Waals surface area contributed by atoms with Crippen molar-refractivity contribution in [1.82, 2.24) is 0 Å². The predicted octanol–water partition coefficient (Wildman–Crippen LogP) is -2.98. The summed E-state index contributed by atoms with van der Waals surface area (Å²) in [5, 5.41) is 10.0. The first-order valence-corrected chi connectivity index (χ1v) is 3.68. The second-order valence-corrected chi connectivity index (χ2v) is 2.40. The van der Waals surface area contributed by atoms with Crippen molar-refractivity contribution < 1.29 is 44.3 Å². The zero-order chi connectivity index (χ0) is 9.68. The molecule has 4 heteroatoms. The number of hydrogen-bond donors (Lipinski definition) is 0. The number of hydrogen-bond acceptors (Lipinski definition) is 3. The van der Waals surface area contributed by atoms with Crippen LogP contribution in [0.1, 0.15) is 5.56 Å². The number of rotatable bonds is 3. The quantitative estimate of drug-likeness (QED) is 0.296. The van der Waals surface area contributed by atoms with Crippen LogP contribution < -0.4 is 34.7 Å². The molecule has 0 amide bonds. The molecule has 0 aliphatic rings. The van der Waals surface area contributed by atoms with E-state index in [1.54, 1.807) is 24.3 Å². The molecule has 0 N–H and O–H groups in total. The topological polar surface area (TPSA) is 57.2 Å². The molecule has 0 bridgehead atoms. The number of benzene rings is 1. The van der Waals surface area contributed by atoms with Gasteiger partial charge in [-0.05, 0) is 11.6 Å². The molecule has 0 aromatic heterocycles. The minimum absolute atomic E-state index is 0. The smallest absolute Gasteiger partial charge is 0.541 e. The van der Waals surface area contributed by atoms with Gasteiger partial charge in [0, 0.05) is 0 Å². The first-order chi connectivity index (χ1) is 6.20. The molecule has 3 nitrogen and oxygen atoms in total. The maximum atomic E-state index is 10.6. The number of aliphatic carboxylic acids is 1. The third-order valence-corrected chi connectivity index (χ3v) is 1.43. The molecule has 0 saturated carbocycles. The molecule has 1 aromatic rings. The third-order valence-electron chi connectivity index (χ3n) is 1.43. The first-order valence-electron chi connectivity index (χ1n) is 3.68. The molecule has 0 saturated heterocycles. The van der Waals surface area contributed by atoms with Gasteiger partial charge in [-0.15, -0.1) is 0 Å². The fourth-order valence-corrected chi connectivity index (χ4v) is 0.804. The summed E-state index contributed by atoms with van der Waals surface area (Å²) in [6.07, 6.45) is 2.41. The standard InChI is InChI=1S/C10H8O3.Na/c11-9(10(12)13)7-6-8-4-2-1-3-5-8;/h1-7H,(H,12,13);/q;+1/p-1/b7-6+;. The summed E-state index contributed by atoms with van der Waals surface area (Å²) >= 11 is 0. The first kappa shape index (κ1) is 13.1. The van der Waals surface area contributed by atoms with Gasteiger partial charge in [-0.25, -0.2) is 0 Å². The third kappa shape index (κ3) is 4.37. The summed E-state index contributed by atoms with van der Waals surface area (Å²) in [7, 11) is 0. The summed E-state index contributed by atoms with van der Waals surface area (Å²) in [5.74, 6) is -2.71. The van der Waals surface area contributed by atoms with Gasteiger partial charge in [-0.2, -0.15) is 0 Å². The van der Waals surface area contributed by atoms with E-state index in [1.807, 2.05) is 6.07 Å². The van der Waals surface area contributed by atoms with Crippen molar-refractivity contribution in [2.45, 2.75) is 0 Å². The molecule has 14 heavy (non-hydrogen) atoms. The van der Waals surface area contributed by atoms with Gasteiger partial charge in [0.15, 0.2) is 0 Å². The van der Waals surface area contributed by atoms with Gasteiger partial charge in [0.1, 0.15) is 5.97 Å². The average Bonchev–Trinajstić information content (AvgIpc) is 2.15. The van der Waals surface area contributed by atoms with Crippen molar-refractivity contribution in [1.29, 1.82) is 0 Å². The van der Waals surface area contributed by atoms with Gasteiger partial charge in [0.05, 0.1) is 0 Å². The SMILES string of the molecule is O=C([O-])C(=O)/C=C/c1ccccc1.[Na+]. The van der Waals surface area contributed by atoms with Crippen molar-refractivity contribution in [3.63, 3.8) is 0 Å².